The smallest absolute Gasteiger partial charge is 0.338 e. The summed E-state index contributed by atoms with van der Waals surface area (Å²) in [6.07, 6.45) is 1.72. The van der Waals surface area contributed by atoms with Crippen molar-refractivity contribution in [3.63, 3.8) is 0 Å². The first-order valence-corrected chi connectivity index (χ1v) is 4.36. The first-order valence-electron chi connectivity index (χ1n) is 4.36. The molecule has 0 aliphatic rings. The topological polar surface area (TPSA) is 65.9 Å². The molecule has 4 nitrogen and oxygen atoms in total. The Labute approximate surface area is 86.1 Å². The quantitative estimate of drug-likeness (QED) is 0.714. The number of aromatic amines is 1. The molecule has 0 unspecified atom stereocenters. The molecule has 0 saturated carbocycles. The van der Waals surface area contributed by atoms with Crippen LogP contribution >= 0.6 is 0 Å². The van der Waals surface area contributed by atoms with Gasteiger partial charge in [-0.15, -0.1) is 0 Å². The lowest BCUT2D eigenvalue weighted by atomic mass is 10.1. The number of hydrogen-bond acceptors (Lipinski definition) is 3. The van der Waals surface area contributed by atoms with E-state index in [1.54, 1.807) is 18.3 Å². The third-order valence-electron chi connectivity index (χ3n) is 2.20. The number of nitriles is 1. The summed E-state index contributed by atoms with van der Waals surface area (Å²) in [5.41, 5.74) is 1.60. The fourth-order valence-electron chi connectivity index (χ4n) is 1.51. The van der Waals surface area contributed by atoms with Gasteiger partial charge in [0.05, 0.1) is 24.3 Å². The zero-order valence-electron chi connectivity index (χ0n) is 8.07. The van der Waals surface area contributed by atoms with Crippen molar-refractivity contribution in [2.75, 3.05) is 7.11 Å². The van der Waals surface area contributed by atoms with Crippen LogP contribution in [0.15, 0.2) is 24.4 Å². The van der Waals surface area contributed by atoms with Crippen molar-refractivity contribution in [1.29, 1.82) is 5.26 Å². The first-order chi connectivity index (χ1) is 7.26. The van der Waals surface area contributed by atoms with Crippen molar-refractivity contribution in [3.8, 4) is 6.07 Å². The fraction of sp³-hybridized carbons (Fsp3) is 0.0909. The third kappa shape index (κ3) is 1.44. The Morgan fingerprint density at radius 2 is 2.33 bits per heavy atom. The van der Waals surface area contributed by atoms with Crippen molar-refractivity contribution in [2.45, 2.75) is 0 Å². The summed E-state index contributed by atoms with van der Waals surface area (Å²) >= 11 is 0. The van der Waals surface area contributed by atoms with Crippen molar-refractivity contribution in [2.24, 2.45) is 0 Å². The molecule has 1 heterocycles. The molecule has 4 heteroatoms. The van der Waals surface area contributed by atoms with Crippen LogP contribution in [-0.4, -0.2) is 18.1 Å². The van der Waals surface area contributed by atoms with E-state index in [0.29, 0.717) is 11.1 Å². The zero-order valence-corrected chi connectivity index (χ0v) is 8.07. The standard InChI is InChI=1S/C11H8N2O2/c1-15-11(14)9-4-7(6-12)5-10-8(9)2-3-13-10/h2-5,13H,1H3. The Morgan fingerprint density at radius 1 is 1.53 bits per heavy atom. The third-order valence-corrected chi connectivity index (χ3v) is 2.20. The summed E-state index contributed by atoms with van der Waals surface area (Å²) < 4.78 is 4.65. The highest BCUT2D eigenvalue weighted by Gasteiger charge is 2.12. The van der Waals surface area contributed by atoms with Gasteiger partial charge in [-0.05, 0) is 18.2 Å². The van der Waals surface area contributed by atoms with Crippen molar-refractivity contribution >= 4 is 16.9 Å². The number of hydrogen-bond donors (Lipinski definition) is 1. The van der Waals surface area contributed by atoms with E-state index in [9.17, 15) is 4.79 Å². The van der Waals surface area contributed by atoms with Gasteiger partial charge < -0.3 is 9.72 Å². The summed E-state index contributed by atoms with van der Waals surface area (Å²) in [6, 6.07) is 7.01. The number of carbonyl (C=O) groups is 1. The van der Waals surface area contributed by atoms with Crippen LogP contribution in [0.25, 0.3) is 10.9 Å². The minimum Gasteiger partial charge on any atom is -0.465 e. The molecule has 1 N–H and O–H groups in total. The van der Waals surface area contributed by atoms with Crippen LogP contribution in [0, 0.1) is 11.3 Å². The van der Waals surface area contributed by atoms with Gasteiger partial charge in [-0.1, -0.05) is 0 Å². The summed E-state index contributed by atoms with van der Waals surface area (Å²) in [4.78, 5) is 14.4. The zero-order chi connectivity index (χ0) is 10.8. The molecule has 0 aliphatic heterocycles. The minimum absolute atomic E-state index is 0.410. The van der Waals surface area contributed by atoms with Crippen LogP contribution in [0.5, 0.6) is 0 Å². The molecule has 0 bridgehead atoms. The highest BCUT2D eigenvalue weighted by atomic mass is 16.5. The van der Waals surface area contributed by atoms with E-state index in [2.05, 4.69) is 9.72 Å². The molecule has 1 aromatic carbocycles. The van der Waals surface area contributed by atoms with Gasteiger partial charge in [0.1, 0.15) is 0 Å². The van der Waals surface area contributed by atoms with Crippen LogP contribution in [0.3, 0.4) is 0 Å². The van der Waals surface area contributed by atoms with E-state index in [1.165, 1.54) is 13.2 Å². The first kappa shape index (κ1) is 9.28. The van der Waals surface area contributed by atoms with Gasteiger partial charge in [-0.25, -0.2) is 4.79 Å². The van der Waals surface area contributed by atoms with Crippen LogP contribution in [0.2, 0.25) is 0 Å². The number of nitrogens with zero attached hydrogens (tertiary/aromatic N) is 1. The lowest BCUT2D eigenvalue weighted by molar-refractivity contribution is 0.0603. The van der Waals surface area contributed by atoms with Crippen molar-refractivity contribution in [3.05, 3.63) is 35.5 Å². The van der Waals surface area contributed by atoms with Gasteiger partial charge in [-0.3, -0.25) is 0 Å². The summed E-state index contributed by atoms with van der Waals surface area (Å²) in [5.74, 6) is -0.434. The van der Waals surface area contributed by atoms with Gasteiger partial charge in [0.25, 0.3) is 0 Å². The monoisotopic (exact) mass is 200 g/mol. The second kappa shape index (κ2) is 3.46. The number of benzene rings is 1. The van der Waals surface area contributed by atoms with E-state index in [1.807, 2.05) is 6.07 Å². The molecule has 2 aromatic rings. The van der Waals surface area contributed by atoms with Crippen LogP contribution in [0.4, 0.5) is 0 Å². The average molecular weight is 200 g/mol. The lowest BCUT2D eigenvalue weighted by Crippen LogP contribution is -2.02. The molecule has 0 amide bonds. The number of nitrogens with one attached hydrogen (secondary N) is 1. The molecular formula is C11H8N2O2. The van der Waals surface area contributed by atoms with E-state index in [4.69, 9.17) is 5.26 Å². The molecule has 1 aromatic heterocycles. The maximum atomic E-state index is 11.4. The Balaban J connectivity index is 2.75. The van der Waals surface area contributed by atoms with Gasteiger partial charge >= 0.3 is 5.97 Å². The predicted octanol–water partition coefficient (Wildman–Crippen LogP) is 1.83. The van der Waals surface area contributed by atoms with Crippen molar-refractivity contribution < 1.29 is 9.53 Å². The molecule has 0 fully saturated rings. The fourth-order valence-corrected chi connectivity index (χ4v) is 1.51. The largest absolute Gasteiger partial charge is 0.465 e. The number of fused-ring (bicyclic) bond motifs is 1. The van der Waals surface area contributed by atoms with E-state index in [0.717, 1.165) is 10.9 Å². The molecule has 0 radical (unpaired) electrons. The van der Waals surface area contributed by atoms with Gasteiger partial charge in [0.15, 0.2) is 0 Å². The number of esters is 1. The van der Waals surface area contributed by atoms with Gasteiger partial charge in [-0.2, -0.15) is 5.26 Å². The average Bonchev–Trinajstić information content (AvgIpc) is 2.74. The lowest BCUT2D eigenvalue weighted by Gasteiger charge is -2.01. The normalized spacial score (nSPS) is 9.87. The number of rotatable bonds is 1. The second-order valence-electron chi connectivity index (χ2n) is 3.07. The molecule has 0 spiro atoms. The molecule has 0 saturated heterocycles. The Kier molecular flexibility index (Phi) is 2.14. The van der Waals surface area contributed by atoms with Gasteiger partial charge in [0.2, 0.25) is 0 Å². The Hall–Kier alpha value is -2.28. The van der Waals surface area contributed by atoms with E-state index >= 15 is 0 Å². The van der Waals surface area contributed by atoms with Crippen LogP contribution in [-0.2, 0) is 4.74 Å². The minimum atomic E-state index is -0.434. The number of methoxy groups -OCH3 is 1. The highest BCUT2D eigenvalue weighted by Crippen LogP contribution is 2.20. The second-order valence-corrected chi connectivity index (χ2v) is 3.07. The molecule has 0 atom stereocenters. The molecular weight excluding hydrogens is 192 g/mol. The molecule has 2 rings (SSSR count). The van der Waals surface area contributed by atoms with E-state index < -0.39 is 5.97 Å². The Morgan fingerprint density at radius 3 is 3.00 bits per heavy atom. The molecule has 0 aliphatic carbocycles. The number of carbonyl (C=O) groups excluding carboxylic acids is 1. The summed E-state index contributed by atoms with van der Waals surface area (Å²) in [5, 5.41) is 9.56. The maximum Gasteiger partial charge on any atom is 0.338 e. The van der Waals surface area contributed by atoms with Crippen LogP contribution in [0.1, 0.15) is 15.9 Å². The van der Waals surface area contributed by atoms with E-state index in [-0.39, 0.29) is 0 Å². The number of aromatic nitrogens is 1. The maximum absolute atomic E-state index is 11.4. The highest BCUT2D eigenvalue weighted by molar-refractivity contribution is 6.04. The predicted molar refractivity (Wildman–Crippen MR) is 54.4 cm³/mol. The van der Waals surface area contributed by atoms with Crippen LogP contribution < -0.4 is 0 Å². The molecule has 74 valence electrons. The summed E-state index contributed by atoms with van der Waals surface area (Å²) in [6.45, 7) is 0. The molecule has 15 heavy (non-hydrogen) atoms. The summed E-state index contributed by atoms with van der Waals surface area (Å²) in [7, 11) is 1.32. The number of ether oxygens (including phenoxy) is 1. The Bertz CT molecular complexity index is 563. The SMILES string of the molecule is COC(=O)c1cc(C#N)cc2[nH]ccc12. The van der Waals surface area contributed by atoms with Crippen molar-refractivity contribution in [1.82, 2.24) is 4.98 Å². The van der Waals surface area contributed by atoms with Gasteiger partial charge in [0, 0.05) is 17.1 Å². The number of H-pyrrole nitrogens is 1.